The molecule has 1 N–H and O–H groups in total. The minimum Gasteiger partial charge on any atom is -0.392 e. The molecule has 0 aromatic rings. The molecule has 0 aliphatic rings. The van der Waals surface area contributed by atoms with Gasteiger partial charge in [-0.05, 0) is 0 Å². The molecular formula is C7H12O2. The Morgan fingerprint density at radius 3 is 2.67 bits per heavy atom. The zero-order valence-electron chi connectivity index (χ0n) is 5.42. The second kappa shape index (κ2) is 7.40. The van der Waals surface area contributed by atoms with Crippen LogP contribution in [0.4, 0.5) is 0 Å². The molecule has 2 nitrogen and oxygen atoms in total. The molecule has 9 heavy (non-hydrogen) atoms. The molecule has 0 spiro atoms. The van der Waals surface area contributed by atoms with E-state index in [1.807, 2.05) is 0 Å². The Bertz CT molecular complexity index is 86.9. The van der Waals surface area contributed by atoms with Crippen molar-refractivity contribution in [3.05, 3.63) is 24.8 Å². The average Bonchev–Trinajstić information content (AvgIpc) is 1.89. The lowest BCUT2D eigenvalue weighted by atomic mass is 10.5. The summed E-state index contributed by atoms with van der Waals surface area (Å²) >= 11 is 0. The molecule has 0 aliphatic carbocycles. The van der Waals surface area contributed by atoms with Crippen molar-refractivity contribution in [2.75, 3.05) is 19.8 Å². The van der Waals surface area contributed by atoms with Gasteiger partial charge in [0, 0.05) is 0 Å². The third-order valence-electron chi connectivity index (χ3n) is 0.722. The molecule has 0 aromatic carbocycles. The van der Waals surface area contributed by atoms with Gasteiger partial charge < -0.3 is 9.84 Å². The lowest BCUT2D eigenvalue weighted by Gasteiger charge is -1.91. The second-order valence-electron chi connectivity index (χ2n) is 1.48. The van der Waals surface area contributed by atoms with E-state index in [0.717, 1.165) is 0 Å². The fraction of sp³-hybridized carbons (Fsp3) is 0.429. The van der Waals surface area contributed by atoms with Crippen LogP contribution < -0.4 is 0 Å². The van der Waals surface area contributed by atoms with Crippen molar-refractivity contribution >= 4 is 0 Å². The molecule has 0 rings (SSSR count). The van der Waals surface area contributed by atoms with E-state index >= 15 is 0 Å². The summed E-state index contributed by atoms with van der Waals surface area (Å²) in [6, 6.07) is 0. The maximum absolute atomic E-state index is 8.26. The summed E-state index contributed by atoms with van der Waals surface area (Å²) in [4.78, 5) is 0. The van der Waals surface area contributed by atoms with Gasteiger partial charge >= 0.3 is 0 Å². The molecule has 0 fully saturated rings. The van der Waals surface area contributed by atoms with Gasteiger partial charge in [0.15, 0.2) is 0 Å². The molecular weight excluding hydrogens is 116 g/mol. The first-order valence-corrected chi connectivity index (χ1v) is 2.86. The van der Waals surface area contributed by atoms with Gasteiger partial charge in [0.1, 0.15) is 0 Å². The van der Waals surface area contributed by atoms with E-state index in [1.54, 1.807) is 18.2 Å². The molecule has 0 heterocycles. The van der Waals surface area contributed by atoms with Crippen LogP contribution in [0.2, 0.25) is 0 Å². The first-order valence-electron chi connectivity index (χ1n) is 2.86. The summed E-state index contributed by atoms with van der Waals surface area (Å²) in [6.45, 7) is 4.67. The number of aliphatic hydroxyl groups excluding tert-OH is 1. The molecule has 0 saturated heterocycles. The van der Waals surface area contributed by atoms with Gasteiger partial charge in [0.2, 0.25) is 0 Å². The predicted octanol–water partition coefficient (Wildman–Crippen LogP) is 0.737. The van der Waals surface area contributed by atoms with Gasteiger partial charge in [-0.15, -0.1) is 6.58 Å². The van der Waals surface area contributed by atoms with Crippen LogP contribution in [0, 0.1) is 0 Å². The number of aliphatic hydroxyl groups is 1. The van der Waals surface area contributed by atoms with Crippen molar-refractivity contribution < 1.29 is 9.84 Å². The first-order chi connectivity index (χ1) is 4.41. The lowest BCUT2D eigenvalue weighted by Crippen LogP contribution is -1.89. The van der Waals surface area contributed by atoms with Crippen molar-refractivity contribution in [3.63, 3.8) is 0 Å². The van der Waals surface area contributed by atoms with E-state index < -0.39 is 0 Å². The molecule has 2 heteroatoms. The van der Waals surface area contributed by atoms with E-state index in [2.05, 4.69) is 6.58 Å². The van der Waals surface area contributed by atoms with E-state index in [1.165, 1.54) is 0 Å². The highest BCUT2D eigenvalue weighted by Gasteiger charge is 1.74. The van der Waals surface area contributed by atoms with Crippen molar-refractivity contribution in [2.24, 2.45) is 0 Å². The van der Waals surface area contributed by atoms with Crippen LogP contribution in [0.25, 0.3) is 0 Å². The van der Waals surface area contributed by atoms with Gasteiger partial charge in [-0.3, -0.25) is 0 Å². The zero-order valence-corrected chi connectivity index (χ0v) is 5.42. The molecule has 0 amide bonds. The summed E-state index contributed by atoms with van der Waals surface area (Å²) in [5.74, 6) is 0. The minimum absolute atomic E-state index is 0.0808. The second-order valence-corrected chi connectivity index (χ2v) is 1.48. The van der Waals surface area contributed by atoms with Crippen LogP contribution >= 0.6 is 0 Å². The smallest absolute Gasteiger partial charge is 0.0652 e. The van der Waals surface area contributed by atoms with Crippen molar-refractivity contribution in [1.82, 2.24) is 0 Å². The fourth-order valence-corrected chi connectivity index (χ4v) is 0.362. The van der Waals surface area contributed by atoms with Gasteiger partial charge in [0.25, 0.3) is 0 Å². The van der Waals surface area contributed by atoms with E-state index in [4.69, 9.17) is 9.84 Å². The van der Waals surface area contributed by atoms with Crippen LogP contribution in [-0.2, 0) is 4.74 Å². The largest absolute Gasteiger partial charge is 0.392 e. The Morgan fingerprint density at radius 1 is 1.33 bits per heavy atom. The SMILES string of the molecule is C=CCOC/C=C\CO. The van der Waals surface area contributed by atoms with Gasteiger partial charge in [-0.1, -0.05) is 18.2 Å². The highest BCUT2D eigenvalue weighted by molar-refractivity contribution is 4.80. The summed E-state index contributed by atoms with van der Waals surface area (Å²) in [5.41, 5.74) is 0. The van der Waals surface area contributed by atoms with Crippen LogP contribution in [0.3, 0.4) is 0 Å². The Morgan fingerprint density at radius 2 is 2.11 bits per heavy atom. The lowest BCUT2D eigenvalue weighted by molar-refractivity contribution is 0.193. The van der Waals surface area contributed by atoms with Crippen molar-refractivity contribution in [1.29, 1.82) is 0 Å². The Kier molecular flexibility index (Phi) is 6.91. The highest BCUT2D eigenvalue weighted by Crippen LogP contribution is 1.76. The molecule has 0 radical (unpaired) electrons. The average molecular weight is 128 g/mol. The molecule has 0 aromatic heterocycles. The molecule has 52 valence electrons. The number of hydrogen-bond acceptors (Lipinski definition) is 2. The Hall–Kier alpha value is -0.600. The van der Waals surface area contributed by atoms with Crippen molar-refractivity contribution in [2.45, 2.75) is 0 Å². The summed E-state index contributed by atoms with van der Waals surface area (Å²) in [5, 5.41) is 8.26. The maximum atomic E-state index is 8.26. The summed E-state index contributed by atoms with van der Waals surface area (Å²) in [6.07, 6.45) is 5.10. The van der Waals surface area contributed by atoms with Gasteiger partial charge in [-0.2, -0.15) is 0 Å². The summed E-state index contributed by atoms with van der Waals surface area (Å²) in [7, 11) is 0. The molecule has 0 aliphatic heterocycles. The van der Waals surface area contributed by atoms with E-state index in [0.29, 0.717) is 13.2 Å². The number of ether oxygens (including phenoxy) is 1. The number of rotatable bonds is 5. The van der Waals surface area contributed by atoms with Crippen LogP contribution in [0.1, 0.15) is 0 Å². The molecule has 0 atom stereocenters. The quantitative estimate of drug-likeness (QED) is 0.437. The van der Waals surface area contributed by atoms with Gasteiger partial charge in [0.05, 0.1) is 19.8 Å². The topological polar surface area (TPSA) is 29.5 Å². The minimum atomic E-state index is 0.0808. The van der Waals surface area contributed by atoms with Crippen molar-refractivity contribution in [3.8, 4) is 0 Å². The third kappa shape index (κ3) is 7.40. The van der Waals surface area contributed by atoms with Crippen LogP contribution in [0.15, 0.2) is 24.8 Å². The van der Waals surface area contributed by atoms with Gasteiger partial charge in [-0.25, -0.2) is 0 Å². The standard InChI is InChI=1S/C7H12O2/c1-2-6-9-7-4-3-5-8/h2-4,8H,1,5-7H2/b4-3-. The van der Waals surface area contributed by atoms with Crippen LogP contribution in [0.5, 0.6) is 0 Å². The van der Waals surface area contributed by atoms with E-state index in [9.17, 15) is 0 Å². The Balaban J connectivity index is 2.90. The third-order valence-corrected chi connectivity index (χ3v) is 0.722. The monoisotopic (exact) mass is 128 g/mol. The molecule has 0 saturated carbocycles. The highest BCUT2D eigenvalue weighted by atomic mass is 16.5. The fourth-order valence-electron chi connectivity index (χ4n) is 0.362. The summed E-state index contributed by atoms with van der Waals surface area (Å²) < 4.78 is 4.97. The number of hydrogen-bond donors (Lipinski definition) is 1. The maximum Gasteiger partial charge on any atom is 0.0652 e. The van der Waals surface area contributed by atoms with Crippen LogP contribution in [-0.4, -0.2) is 24.9 Å². The zero-order chi connectivity index (χ0) is 6.95. The van der Waals surface area contributed by atoms with E-state index in [-0.39, 0.29) is 6.61 Å². The Labute approximate surface area is 55.5 Å². The predicted molar refractivity (Wildman–Crippen MR) is 37.2 cm³/mol. The molecule has 0 bridgehead atoms. The first kappa shape index (κ1) is 8.40. The molecule has 0 unspecified atom stereocenters. The normalized spacial score (nSPS) is 10.3.